The molecule has 2 aliphatic heterocycles. The Morgan fingerprint density at radius 1 is 0.806 bits per heavy atom. The Labute approximate surface area is 209 Å². The summed E-state index contributed by atoms with van der Waals surface area (Å²) < 4.78 is 27.4. The normalized spacial score (nSPS) is 38.7. The van der Waals surface area contributed by atoms with Crippen molar-refractivity contribution in [1.82, 2.24) is 0 Å². The van der Waals surface area contributed by atoms with Crippen molar-refractivity contribution < 1.29 is 63.9 Å². The molecule has 2 aliphatic rings. The molecule has 0 aliphatic carbocycles. The van der Waals surface area contributed by atoms with Crippen molar-refractivity contribution in [2.45, 2.75) is 108 Å². The first-order valence-corrected chi connectivity index (χ1v) is 12.3. The molecule has 6 N–H and O–H groups in total. The second-order valence-corrected chi connectivity index (χ2v) is 9.41. The van der Waals surface area contributed by atoms with Crippen LogP contribution in [0.15, 0.2) is 0 Å². The topological polar surface area (TPSA) is 202 Å². The highest BCUT2D eigenvalue weighted by Gasteiger charge is 2.53. The van der Waals surface area contributed by atoms with Crippen LogP contribution in [0.2, 0.25) is 0 Å². The number of rotatable bonds is 11. The van der Waals surface area contributed by atoms with Gasteiger partial charge in [-0.1, -0.05) is 34.1 Å². The largest absolute Gasteiger partial charge is 0.455 e. The summed E-state index contributed by atoms with van der Waals surface area (Å²) in [5.74, 6) is -1.72. The minimum absolute atomic E-state index is 0.0755. The number of hydrogen-bond donors (Lipinski definition) is 6. The van der Waals surface area contributed by atoms with Crippen LogP contribution in [0.25, 0.3) is 0 Å². The molecule has 210 valence electrons. The zero-order valence-electron chi connectivity index (χ0n) is 21.0. The fourth-order valence-corrected chi connectivity index (χ4v) is 4.07. The van der Waals surface area contributed by atoms with Crippen LogP contribution in [0.5, 0.6) is 0 Å². The Bertz CT molecular complexity index is 703. The summed E-state index contributed by atoms with van der Waals surface area (Å²) >= 11 is 0. The Hall–Kier alpha value is -1.42. The molecule has 0 aromatic rings. The van der Waals surface area contributed by atoms with Gasteiger partial charge in [0.25, 0.3) is 0 Å². The molecular weight excluding hydrogens is 484 g/mol. The van der Waals surface area contributed by atoms with Crippen LogP contribution in [0.3, 0.4) is 0 Å². The van der Waals surface area contributed by atoms with Crippen LogP contribution in [0, 0.1) is 11.8 Å². The van der Waals surface area contributed by atoms with Crippen molar-refractivity contribution in [3.05, 3.63) is 0 Å². The van der Waals surface area contributed by atoms with Crippen molar-refractivity contribution in [3.63, 3.8) is 0 Å². The highest BCUT2D eigenvalue weighted by Crippen LogP contribution is 2.32. The van der Waals surface area contributed by atoms with Crippen molar-refractivity contribution in [3.8, 4) is 0 Å². The third-order valence-electron chi connectivity index (χ3n) is 6.58. The molecule has 0 saturated carbocycles. The lowest BCUT2D eigenvalue weighted by Crippen LogP contribution is -2.65. The van der Waals surface area contributed by atoms with Crippen LogP contribution in [0.4, 0.5) is 0 Å². The minimum atomic E-state index is -1.80. The molecule has 0 radical (unpaired) electrons. The Kier molecular flexibility index (Phi) is 11.9. The van der Waals surface area contributed by atoms with Gasteiger partial charge in [0, 0.05) is 6.42 Å². The maximum absolute atomic E-state index is 12.8. The van der Waals surface area contributed by atoms with Gasteiger partial charge in [0.05, 0.1) is 19.1 Å². The second-order valence-electron chi connectivity index (χ2n) is 9.41. The average molecular weight is 525 g/mol. The molecule has 36 heavy (non-hydrogen) atoms. The van der Waals surface area contributed by atoms with Crippen molar-refractivity contribution in [2.75, 3.05) is 13.2 Å². The number of carbonyl (C=O) groups is 2. The molecule has 0 amide bonds. The maximum Gasteiger partial charge on any atom is 0.309 e. The molecule has 13 nitrogen and oxygen atoms in total. The van der Waals surface area contributed by atoms with E-state index >= 15 is 0 Å². The van der Waals surface area contributed by atoms with Crippen molar-refractivity contribution >= 4 is 11.9 Å². The van der Waals surface area contributed by atoms with Crippen LogP contribution in [0.1, 0.15) is 47.0 Å². The summed E-state index contributed by atoms with van der Waals surface area (Å²) in [6.07, 6.45) is -14.5. The van der Waals surface area contributed by atoms with Crippen LogP contribution >= 0.6 is 0 Å². The number of hydrogen-bond acceptors (Lipinski definition) is 13. The van der Waals surface area contributed by atoms with Crippen molar-refractivity contribution in [2.24, 2.45) is 11.8 Å². The van der Waals surface area contributed by atoms with Gasteiger partial charge in [-0.25, -0.2) is 0 Å². The Morgan fingerprint density at radius 2 is 1.39 bits per heavy atom. The van der Waals surface area contributed by atoms with E-state index in [1.807, 2.05) is 13.8 Å². The number of aliphatic hydroxyl groups excluding tert-OH is 6. The van der Waals surface area contributed by atoms with Gasteiger partial charge in [0.15, 0.2) is 18.5 Å². The number of aliphatic hydroxyl groups is 6. The molecule has 12 atom stereocenters. The molecule has 12 unspecified atom stereocenters. The smallest absolute Gasteiger partial charge is 0.309 e. The minimum Gasteiger partial charge on any atom is -0.455 e. The summed E-state index contributed by atoms with van der Waals surface area (Å²) in [5.41, 5.74) is 0. The van der Waals surface area contributed by atoms with E-state index < -0.39 is 92.5 Å². The summed E-state index contributed by atoms with van der Waals surface area (Å²) in [6, 6.07) is 0. The van der Waals surface area contributed by atoms with Gasteiger partial charge in [-0.3, -0.25) is 9.59 Å². The van der Waals surface area contributed by atoms with Crippen LogP contribution in [-0.2, 0) is 33.3 Å². The van der Waals surface area contributed by atoms with E-state index in [1.165, 1.54) is 6.92 Å². The highest BCUT2D eigenvalue weighted by molar-refractivity contribution is 5.72. The molecule has 2 heterocycles. The number of carbonyl (C=O) groups excluding carboxylic acids is 2. The predicted octanol–water partition coefficient (Wildman–Crippen LogP) is -1.81. The first kappa shape index (κ1) is 30.8. The quantitative estimate of drug-likeness (QED) is 0.165. The van der Waals surface area contributed by atoms with Gasteiger partial charge in [0.1, 0.15) is 36.6 Å². The van der Waals surface area contributed by atoms with E-state index in [2.05, 4.69) is 0 Å². The predicted molar refractivity (Wildman–Crippen MR) is 120 cm³/mol. The average Bonchev–Trinajstić information content (AvgIpc) is 2.86. The molecule has 2 rings (SSSR count). The lowest BCUT2D eigenvalue weighted by Gasteiger charge is -2.46. The summed E-state index contributed by atoms with van der Waals surface area (Å²) in [4.78, 5) is 25.0. The SMILES string of the molecule is CCC(=O)OC1C(OC2OC(CO)C(O)C(O)C2O)OC(CO)C(O)C1OC(=O)C(C)CC(C)CC. The lowest BCUT2D eigenvalue weighted by atomic mass is 9.94. The first-order chi connectivity index (χ1) is 17.0. The maximum atomic E-state index is 12.8. The van der Waals surface area contributed by atoms with Gasteiger partial charge in [-0.2, -0.15) is 0 Å². The van der Waals surface area contributed by atoms with E-state index in [0.29, 0.717) is 6.42 Å². The Morgan fingerprint density at radius 3 is 1.94 bits per heavy atom. The molecular formula is C23H40O13. The number of ether oxygens (including phenoxy) is 5. The lowest BCUT2D eigenvalue weighted by molar-refractivity contribution is -0.377. The third kappa shape index (κ3) is 7.33. The molecule has 2 saturated heterocycles. The first-order valence-electron chi connectivity index (χ1n) is 12.3. The monoisotopic (exact) mass is 524 g/mol. The Balaban J connectivity index is 2.32. The summed E-state index contributed by atoms with van der Waals surface area (Å²) in [6.45, 7) is 5.71. The summed E-state index contributed by atoms with van der Waals surface area (Å²) in [5, 5.41) is 60.4. The molecule has 0 aromatic heterocycles. The van der Waals surface area contributed by atoms with E-state index in [-0.39, 0.29) is 12.3 Å². The molecule has 2 fully saturated rings. The van der Waals surface area contributed by atoms with Gasteiger partial charge in [-0.05, 0) is 12.3 Å². The fourth-order valence-electron chi connectivity index (χ4n) is 4.07. The number of esters is 2. The van der Waals surface area contributed by atoms with E-state index in [0.717, 1.165) is 6.42 Å². The third-order valence-corrected chi connectivity index (χ3v) is 6.58. The fraction of sp³-hybridized carbons (Fsp3) is 0.913. The van der Waals surface area contributed by atoms with E-state index in [4.69, 9.17) is 23.7 Å². The second kappa shape index (κ2) is 13.9. The molecule has 13 heteroatoms. The van der Waals surface area contributed by atoms with Gasteiger partial charge in [0.2, 0.25) is 6.29 Å². The van der Waals surface area contributed by atoms with Gasteiger partial charge in [-0.15, -0.1) is 0 Å². The zero-order chi connectivity index (χ0) is 27.2. The molecule has 0 bridgehead atoms. The van der Waals surface area contributed by atoms with E-state index in [9.17, 15) is 40.2 Å². The standard InChI is InChI=1S/C23H40O13/c1-5-10(3)7-11(4)21(31)35-19-16(28)13(9-25)33-23(20(19)34-14(26)6-2)36-22-18(30)17(29)15(27)12(8-24)32-22/h10-13,15-20,22-25,27-30H,5-9H2,1-4H3. The van der Waals surface area contributed by atoms with Gasteiger partial charge < -0.3 is 54.3 Å². The molecule has 0 spiro atoms. The van der Waals surface area contributed by atoms with Crippen LogP contribution in [-0.4, -0.2) is 117 Å². The van der Waals surface area contributed by atoms with Crippen LogP contribution < -0.4 is 0 Å². The summed E-state index contributed by atoms with van der Waals surface area (Å²) in [7, 11) is 0. The highest BCUT2D eigenvalue weighted by atomic mass is 16.8. The van der Waals surface area contributed by atoms with E-state index in [1.54, 1.807) is 6.92 Å². The van der Waals surface area contributed by atoms with Crippen molar-refractivity contribution in [1.29, 1.82) is 0 Å². The molecule has 0 aromatic carbocycles. The zero-order valence-corrected chi connectivity index (χ0v) is 21.0. The van der Waals surface area contributed by atoms with Gasteiger partial charge >= 0.3 is 11.9 Å².